The molecular weight excluding hydrogens is 290 g/mol. The molecule has 1 aromatic carbocycles. The van der Waals surface area contributed by atoms with Gasteiger partial charge in [-0.05, 0) is 38.2 Å². The number of aromatic nitrogens is 3. The van der Waals surface area contributed by atoms with Crippen LogP contribution in [0.25, 0.3) is 0 Å². The van der Waals surface area contributed by atoms with E-state index in [-0.39, 0.29) is 5.92 Å². The predicted molar refractivity (Wildman–Crippen MR) is 84.1 cm³/mol. The molecule has 118 valence electrons. The standard InChI is InChI=1S/C18H19N3O2/c1-11-15(12(2)22-20-11)10-16-19-18(21-23-16)17(14-8-9-14)13-6-4-3-5-7-13/h3-7,14,17H,8-10H2,1-2H3/t17-/m1/s1. The molecule has 1 fully saturated rings. The van der Waals surface area contributed by atoms with Gasteiger partial charge in [-0.1, -0.05) is 40.6 Å². The first-order chi connectivity index (χ1) is 11.2. The van der Waals surface area contributed by atoms with E-state index in [1.54, 1.807) is 0 Å². The highest BCUT2D eigenvalue weighted by Crippen LogP contribution is 2.45. The number of nitrogens with zero attached hydrogens (tertiary/aromatic N) is 3. The number of rotatable bonds is 5. The van der Waals surface area contributed by atoms with Gasteiger partial charge in [-0.3, -0.25) is 0 Å². The highest BCUT2D eigenvalue weighted by atomic mass is 16.5. The molecule has 0 bridgehead atoms. The van der Waals surface area contributed by atoms with Gasteiger partial charge in [-0.25, -0.2) is 0 Å². The Morgan fingerprint density at radius 1 is 1.09 bits per heavy atom. The van der Waals surface area contributed by atoms with Crippen LogP contribution >= 0.6 is 0 Å². The molecule has 0 aliphatic heterocycles. The smallest absolute Gasteiger partial charge is 0.231 e. The van der Waals surface area contributed by atoms with E-state index >= 15 is 0 Å². The van der Waals surface area contributed by atoms with Crippen molar-refractivity contribution >= 4 is 0 Å². The fourth-order valence-corrected chi connectivity index (χ4v) is 3.09. The van der Waals surface area contributed by atoms with Gasteiger partial charge >= 0.3 is 0 Å². The van der Waals surface area contributed by atoms with E-state index < -0.39 is 0 Å². The van der Waals surface area contributed by atoms with E-state index in [1.807, 2.05) is 19.9 Å². The van der Waals surface area contributed by atoms with Gasteiger partial charge in [0.25, 0.3) is 0 Å². The zero-order chi connectivity index (χ0) is 15.8. The second-order valence-corrected chi connectivity index (χ2v) is 6.25. The molecule has 5 heteroatoms. The van der Waals surface area contributed by atoms with Crippen molar-refractivity contribution < 1.29 is 9.05 Å². The zero-order valence-corrected chi connectivity index (χ0v) is 13.3. The molecule has 3 aromatic rings. The van der Waals surface area contributed by atoms with Crippen LogP contribution in [0.15, 0.2) is 39.4 Å². The van der Waals surface area contributed by atoms with E-state index in [0.717, 1.165) is 22.8 Å². The minimum atomic E-state index is 0.235. The summed E-state index contributed by atoms with van der Waals surface area (Å²) in [6, 6.07) is 10.5. The highest BCUT2D eigenvalue weighted by Gasteiger charge is 2.36. The summed E-state index contributed by atoms with van der Waals surface area (Å²) in [4.78, 5) is 4.66. The average molecular weight is 309 g/mol. The Labute approximate surface area is 134 Å². The van der Waals surface area contributed by atoms with E-state index in [0.29, 0.717) is 18.2 Å². The molecule has 2 heterocycles. The zero-order valence-electron chi connectivity index (χ0n) is 13.3. The highest BCUT2D eigenvalue weighted by molar-refractivity contribution is 5.29. The van der Waals surface area contributed by atoms with Crippen LogP contribution in [-0.2, 0) is 6.42 Å². The quantitative estimate of drug-likeness (QED) is 0.717. The third-order valence-electron chi connectivity index (χ3n) is 4.52. The molecule has 0 amide bonds. The SMILES string of the molecule is Cc1noc(C)c1Cc1nc([C@H](c2ccccc2)C2CC2)no1. The maximum Gasteiger partial charge on any atom is 0.231 e. The van der Waals surface area contributed by atoms with Crippen LogP contribution in [-0.4, -0.2) is 15.3 Å². The maximum absolute atomic E-state index is 5.50. The van der Waals surface area contributed by atoms with Crippen molar-refractivity contribution in [3.8, 4) is 0 Å². The molecule has 0 radical (unpaired) electrons. The summed E-state index contributed by atoms with van der Waals surface area (Å²) >= 11 is 0. The fraction of sp³-hybridized carbons (Fsp3) is 0.389. The summed E-state index contributed by atoms with van der Waals surface area (Å²) in [5, 5.41) is 8.23. The lowest BCUT2D eigenvalue weighted by Gasteiger charge is -2.11. The Morgan fingerprint density at radius 2 is 1.87 bits per heavy atom. The molecule has 1 saturated carbocycles. The van der Waals surface area contributed by atoms with E-state index in [1.165, 1.54) is 18.4 Å². The van der Waals surface area contributed by atoms with Crippen LogP contribution in [0.4, 0.5) is 0 Å². The van der Waals surface area contributed by atoms with Crippen LogP contribution in [0, 0.1) is 19.8 Å². The molecule has 5 nitrogen and oxygen atoms in total. The number of hydrogen-bond donors (Lipinski definition) is 0. The molecule has 1 aliphatic carbocycles. The largest absolute Gasteiger partial charge is 0.361 e. The topological polar surface area (TPSA) is 65.0 Å². The predicted octanol–water partition coefficient (Wildman–Crippen LogP) is 3.81. The van der Waals surface area contributed by atoms with Gasteiger partial charge in [0.2, 0.25) is 5.89 Å². The van der Waals surface area contributed by atoms with Gasteiger partial charge < -0.3 is 9.05 Å². The summed E-state index contributed by atoms with van der Waals surface area (Å²) in [5.41, 5.74) is 3.17. The minimum Gasteiger partial charge on any atom is -0.361 e. The molecule has 0 spiro atoms. The van der Waals surface area contributed by atoms with Gasteiger partial charge in [0.1, 0.15) is 5.76 Å². The van der Waals surface area contributed by atoms with E-state index in [9.17, 15) is 0 Å². The van der Waals surface area contributed by atoms with Crippen molar-refractivity contribution in [3.05, 3.63) is 64.6 Å². The molecular formula is C18H19N3O2. The van der Waals surface area contributed by atoms with Crippen LogP contribution < -0.4 is 0 Å². The van der Waals surface area contributed by atoms with Crippen LogP contribution in [0.3, 0.4) is 0 Å². The first kappa shape index (κ1) is 14.2. The fourth-order valence-electron chi connectivity index (χ4n) is 3.09. The number of benzene rings is 1. The number of hydrogen-bond acceptors (Lipinski definition) is 5. The average Bonchev–Trinajstić information content (AvgIpc) is 3.21. The maximum atomic E-state index is 5.50. The van der Waals surface area contributed by atoms with Crippen molar-refractivity contribution in [2.45, 2.75) is 39.0 Å². The van der Waals surface area contributed by atoms with Crippen molar-refractivity contribution in [2.24, 2.45) is 5.92 Å². The lowest BCUT2D eigenvalue weighted by atomic mass is 9.93. The molecule has 1 atom stereocenters. The van der Waals surface area contributed by atoms with E-state index in [2.05, 4.69) is 39.6 Å². The summed E-state index contributed by atoms with van der Waals surface area (Å²) in [6.07, 6.45) is 3.03. The second kappa shape index (κ2) is 5.65. The molecule has 1 aliphatic rings. The van der Waals surface area contributed by atoms with Crippen LogP contribution in [0.5, 0.6) is 0 Å². The summed E-state index contributed by atoms with van der Waals surface area (Å²) in [5.74, 6) is 3.08. The Balaban J connectivity index is 1.61. The van der Waals surface area contributed by atoms with Crippen LogP contribution in [0.2, 0.25) is 0 Å². The first-order valence-corrected chi connectivity index (χ1v) is 8.01. The van der Waals surface area contributed by atoms with Crippen molar-refractivity contribution in [1.82, 2.24) is 15.3 Å². The Morgan fingerprint density at radius 3 is 2.52 bits per heavy atom. The normalized spacial score (nSPS) is 15.7. The van der Waals surface area contributed by atoms with Gasteiger partial charge in [0, 0.05) is 5.56 Å². The second-order valence-electron chi connectivity index (χ2n) is 6.25. The van der Waals surface area contributed by atoms with Crippen molar-refractivity contribution in [3.63, 3.8) is 0 Å². The number of aryl methyl sites for hydroxylation is 2. The molecule has 0 unspecified atom stereocenters. The third kappa shape index (κ3) is 2.79. The van der Waals surface area contributed by atoms with E-state index in [4.69, 9.17) is 9.05 Å². The Hall–Kier alpha value is -2.43. The third-order valence-corrected chi connectivity index (χ3v) is 4.52. The molecule has 23 heavy (non-hydrogen) atoms. The minimum absolute atomic E-state index is 0.235. The lowest BCUT2D eigenvalue weighted by molar-refractivity contribution is 0.373. The molecule has 0 saturated heterocycles. The summed E-state index contributed by atoms with van der Waals surface area (Å²) in [6.45, 7) is 3.84. The van der Waals surface area contributed by atoms with Crippen molar-refractivity contribution in [1.29, 1.82) is 0 Å². The monoisotopic (exact) mass is 309 g/mol. The van der Waals surface area contributed by atoms with Gasteiger partial charge in [0.05, 0.1) is 18.0 Å². The van der Waals surface area contributed by atoms with Gasteiger partial charge in [-0.2, -0.15) is 4.98 Å². The molecule has 4 rings (SSSR count). The van der Waals surface area contributed by atoms with Gasteiger partial charge in [-0.15, -0.1) is 0 Å². The lowest BCUT2D eigenvalue weighted by Crippen LogP contribution is -2.05. The molecule has 2 aromatic heterocycles. The summed E-state index contributed by atoms with van der Waals surface area (Å²) < 4.78 is 10.7. The Kier molecular flexibility index (Phi) is 3.48. The van der Waals surface area contributed by atoms with Crippen LogP contribution in [0.1, 0.15) is 53.1 Å². The molecule has 0 N–H and O–H groups in total. The van der Waals surface area contributed by atoms with Crippen molar-refractivity contribution in [2.75, 3.05) is 0 Å². The van der Waals surface area contributed by atoms with Gasteiger partial charge in [0.15, 0.2) is 5.82 Å². The Bertz CT molecular complexity index is 783. The first-order valence-electron chi connectivity index (χ1n) is 8.01. The summed E-state index contributed by atoms with van der Waals surface area (Å²) in [7, 11) is 0.